The van der Waals surface area contributed by atoms with Crippen molar-refractivity contribution < 1.29 is 27.3 Å². The molecule has 0 spiro atoms. The first-order valence-corrected chi connectivity index (χ1v) is 11.9. The Bertz CT molecular complexity index is 1220. The second kappa shape index (κ2) is 9.85. The molecule has 182 valence electrons. The van der Waals surface area contributed by atoms with Crippen molar-refractivity contribution in [3.05, 3.63) is 64.0 Å². The molecule has 1 N–H and O–H groups in total. The lowest BCUT2D eigenvalue weighted by Gasteiger charge is -2.21. The van der Waals surface area contributed by atoms with Gasteiger partial charge in [-0.2, -0.15) is 8.70 Å². The molecule has 1 heterocycles. The number of nitro benzene ring substituents is 1. The molecule has 0 saturated carbocycles. The van der Waals surface area contributed by atoms with Gasteiger partial charge in [0.05, 0.1) is 21.4 Å². The largest absolute Gasteiger partial charge is 0.352 e. The molecule has 1 atom stereocenters. The first-order chi connectivity index (χ1) is 15.9. The molecular formula is C22H25FN4O6S. The molecular weight excluding hydrogens is 467 g/mol. The smallest absolute Gasteiger partial charge is 0.306 e. The molecule has 2 aromatic rings. The molecule has 2 aromatic carbocycles. The fourth-order valence-corrected chi connectivity index (χ4v) is 4.87. The van der Waals surface area contributed by atoms with E-state index in [4.69, 9.17) is 0 Å². The minimum atomic E-state index is -3.61. The third-order valence-corrected chi connectivity index (χ3v) is 7.78. The zero-order chi connectivity index (χ0) is 25.2. The number of halogens is 1. The lowest BCUT2D eigenvalue weighted by Crippen LogP contribution is -2.33. The van der Waals surface area contributed by atoms with Crippen molar-refractivity contribution in [3.8, 4) is 0 Å². The van der Waals surface area contributed by atoms with Crippen LogP contribution in [-0.4, -0.2) is 49.1 Å². The van der Waals surface area contributed by atoms with Gasteiger partial charge in [-0.05, 0) is 43.7 Å². The summed E-state index contributed by atoms with van der Waals surface area (Å²) in [5.41, 5.74) is 0.0784. The van der Waals surface area contributed by atoms with E-state index in [1.54, 1.807) is 26.0 Å². The maximum absolute atomic E-state index is 13.6. The number of anilines is 1. The predicted octanol–water partition coefficient (Wildman–Crippen LogP) is 2.43. The number of rotatable bonds is 8. The normalized spacial score (nSPS) is 16.4. The van der Waals surface area contributed by atoms with Gasteiger partial charge < -0.3 is 10.2 Å². The highest BCUT2D eigenvalue weighted by Crippen LogP contribution is 2.29. The van der Waals surface area contributed by atoms with Crippen LogP contribution in [0.3, 0.4) is 0 Å². The van der Waals surface area contributed by atoms with Crippen LogP contribution in [0.4, 0.5) is 15.8 Å². The van der Waals surface area contributed by atoms with E-state index in [1.165, 1.54) is 34.5 Å². The molecule has 1 fully saturated rings. The summed E-state index contributed by atoms with van der Waals surface area (Å²) in [5, 5.41) is 13.7. The Balaban J connectivity index is 1.62. The van der Waals surface area contributed by atoms with E-state index in [0.29, 0.717) is 5.56 Å². The van der Waals surface area contributed by atoms with Crippen LogP contribution in [0.1, 0.15) is 25.8 Å². The molecule has 34 heavy (non-hydrogen) atoms. The van der Waals surface area contributed by atoms with Gasteiger partial charge in [-0.25, -0.2) is 8.42 Å². The van der Waals surface area contributed by atoms with Crippen LogP contribution in [0.5, 0.6) is 0 Å². The van der Waals surface area contributed by atoms with Crippen LogP contribution in [-0.2, 0) is 26.2 Å². The van der Waals surface area contributed by atoms with Gasteiger partial charge in [-0.1, -0.05) is 12.1 Å². The molecule has 2 amide bonds. The highest BCUT2D eigenvalue weighted by Gasteiger charge is 2.36. The van der Waals surface area contributed by atoms with Crippen molar-refractivity contribution >= 4 is 33.2 Å². The van der Waals surface area contributed by atoms with Gasteiger partial charge in [0.2, 0.25) is 27.7 Å². The van der Waals surface area contributed by atoms with Crippen molar-refractivity contribution in [3.63, 3.8) is 0 Å². The maximum atomic E-state index is 13.6. The molecule has 0 radical (unpaired) electrons. The zero-order valence-corrected chi connectivity index (χ0v) is 19.7. The summed E-state index contributed by atoms with van der Waals surface area (Å²) in [4.78, 5) is 36.4. The summed E-state index contributed by atoms with van der Waals surface area (Å²) in [5.74, 6) is -2.48. The third kappa shape index (κ3) is 5.23. The molecule has 0 bridgehead atoms. The summed E-state index contributed by atoms with van der Waals surface area (Å²) >= 11 is 0. The van der Waals surface area contributed by atoms with Crippen LogP contribution in [0, 0.1) is 21.8 Å². The lowest BCUT2D eigenvalue weighted by atomic mass is 10.1. The third-order valence-electron chi connectivity index (χ3n) is 5.73. The number of hydrogen-bond acceptors (Lipinski definition) is 6. The van der Waals surface area contributed by atoms with Gasteiger partial charge in [-0.15, -0.1) is 0 Å². The van der Waals surface area contributed by atoms with E-state index >= 15 is 0 Å². The molecule has 0 aromatic heterocycles. The number of carbonyl (C=O) groups is 2. The average molecular weight is 493 g/mol. The Morgan fingerprint density at radius 2 is 1.91 bits per heavy atom. The van der Waals surface area contributed by atoms with E-state index in [9.17, 15) is 32.5 Å². The summed E-state index contributed by atoms with van der Waals surface area (Å²) in [6, 6.07) is 9.09. The minimum absolute atomic E-state index is 0.00612. The van der Waals surface area contributed by atoms with E-state index in [2.05, 4.69) is 5.32 Å². The molecule has 12 heteroatoms. The number of carbonyl (C=O) groups excluding carboxylic acids is 2. The van der Waals surface area contributed by atoms with Crippen LogP contribution in [0.25, 0.3) is 0 Å². The minimum Gasteiger partial charge on any atom is -0.352 e. The van der Waals surface area contributed by atoms with Crippen LogP contribution in [0.2, 0.25) is 0 Å². The molecule has 1 saturated heterocycles. The number of hydrogen-bond donors (Lipinski definition) is 1. The van der Waals surface area contributed by atoms with E-state index in [-0.39, 0.29) is 42.0 Å². The van der Waals surface area contributed by atoms with Crippen molar-refractivity contribution in [2.75, 3.05) is 18.5 Å². The number of nitro groups is 1. The van der Waals surface area contributed by atoms with Crippen LogP contribution < -0.4 is 10.2 Å². The Hall–Kier alpha value is -3.38. The van der Waals surface area contributed by atoms with Gasteiger partial charge >= 0.3 is 5.69 Å². The summed E-state index contributed by atoms with van der Waals surface area (Å²) < 4.78 is 39.9. The first-order valence-electron chi connectivity index (χ1n) is 10.5. The standard InChI is InChI=1S/C22H25FN4O6S/c1-14(2)25(3)34(32,33)18-7-4-15(5-8-18)12-24-22(29)16-10-21(28)26(13-16)17-6-9-19(23)20(11-17)27(30)31/h4-9,11,14,16H,10,12-13H2,1-3H3,(H,24,29). The summed E-state index contributed by atoms with van der Waals surface area (Å²) in [6.45, 7) is 3.68. The number of sulfonamides is 1. The van der Waals surface area contributed by atoms with Gasteiger partial charge in [0.15, 0.2) is 0 Å². The van der Waals surface area contributed by atoms with Gasteiger partial charge in [0.1, 0.15) is 0 Å². The Kier molecular flexibility index (Phi) is 7.32. The fourth-order valence-electron chi connectivity index (χ4n) is 3.50. The van der Waals surface area contributed by atoms with Gasteiger partial charge in [0, 0.05) is 38.7 Å². The molecule has 1 aliphatic heterocycles. The number of nitrogens with one attached hydrogen (secondary N) is 1. The molecule has 3 rings (SSSR count). The zero-order valence-electron chi connectivity index (χ0n) is 18.9. The summed E-state index contributed by atoms with van der Waals surface area (Å²) in [6.07, 6.45) is -0.0876. The Morgan fingerprint density at radius 1 is 1.26 bits per heavy atom. The quantitative estimate of drug-likeness (QED) is 0.445. The molecule has 0 aliphatic carbocycles. The Morgan fingerprint density at radius 3 is 2.50 bits per heavy atom. The number of nitrogens with zero attached hydrogens (tertiary/aromatic N) is 3. The first kappa shape index (κ1) is 25.2. The summed E-state index contributed by atoms with van der Waals surface area (Å²) in [7, 11) is -2.11. The maximum Gasteiger partial charge on any atom is 0.306 e. The molecule has 10 nitrogen and oxygen atoms in total. The molecule has 1 unspecified atom stereocenters. The van der Waals surface area contributed by atoms with E-state index in [1.807, 2.05) is 0 Å². The van der Waals surface area contributed by atoms with E-state index in [0.717, 1.165) is 12.1 Å². The lowest BCUT2D eigenvalue weighted by molar-refractivity contribution is -0.387. The van der Waals surface area contributed by atoms with E-state index < -0.39 is 38.3 Å². The number of amides is 2. The Labute approximate surface area is 196 Å². The number of benzene rings is 2. The van der Waals surface area contributed by atoms with Gasteiger partial charge in [-0.3, -0.25) is 19.7 Å². The second-order valence-corrected chi connectivity index (χ2v) is 10.3. The predicted molar refractivity (Wildman–Crippen MR) is 122 cm³/mol. The van der Waals surface area contributed by atoms with Crippen molar-refractivity contribution in [1.82, 2.24) is 9.62 Å². The SMILES string of the molecule is CC(C)N(C)S(=O)(=O)c1ccc(CNC(=O)C2CC(=O)N(c3ccc(F)c([N+](=O)[O-])c3)C2)cc1. The second-order valence-electron chi connectivity index (χ2n) is 8.27. The van der Waals surface area contributed by atoms with Crippen molar-refractivity contribution in [1.29, 1.82) is 0 Å². The van der Waals surface area contributed by atoms with Gasteiger partial charge in [0.25, 0.3) is 0 Å². The van der Waals surface area contributed by atoms with Crippen LogP contribution in [0.15, 0.2) is 47.4 Å². The average Bonchev–Trinajstić information content (AvgIpc) is 3.18. The monoisotopic (exact) mass is 492 g/mol. The fraction of sp³-hybridized carbons (Fsp3) is 0.364. The topological polar surface area (TPSA) is 130 Å². The highest BCUT2D eigenvalue weighted by atomic mass is 32.2. The van der Waals surface area contributed by atoms with Crippen LogP contribution >= 0.6 is 0 Å². The van der Waals surface area contributed by atoms with Crippen molar-refractivity contribution in [2.24, 2.45) is 5.92 Å². The molecule has 1 aliphatic rings. The highest BCUT2D eigenvalue weighted by molar-refractivity contribution is 7.89. The van der Waals surface area contributed by atoms with Crippen molar-refractivity contribution in [2.45, 2.75) is 37.8 Å².